The zero-order valence-corrected chi connectivity index (χ0v) is 9.93. The smallest absolute Gasteiger partial charge is 0.272 e. The first-order valence-corrected chi connectivity index (χ1v) is 6.02. The standard InChI is InChI=1S/C12H16FN3O2/c13-11-7-10(16(17)18)4-5-12(11)15-9-3-1-2-8(14)6-9/h4-5,7-9,15H,1-3,6,14H2. The number of hydrogen-bond acceptors (Lipinski definition) is 4. The first kappa shape index (κ1) is 12.8. The van der Waals surface area contributed by atoms with Crippen LogP contribution in [-0.2, 0) is 0 Å². The van der Waals surface area contributed by atoms with Crippen LogP contribution in [-0.4, -0.2) is 17.0 Å². The Morgan fingerprint density at radius 1 is 1.44 bits per heavy atom. The molecule has 2 atom stereocenters. The van der Waals surface area contributed by atoms with Crippen LogP contribution in [0, 0.1) is 15.9 Å². The lowest BCUT2D eigenvalue weighted by atomic mass is 9.91. The van der Waals surface area contributed by atoms with Crippen molar-refractivity contribution in [2.45, 2.75) is 37.8 Å². The Morgan fingerprint density at radius 3 is 2.83 bits per heavy atom. The first-order chi connectivity index (χ1) is 8.56. The molecular weight excluding hydrogens is 237 g/mol. The molecule has 1 aliphatic rings. The van der Waals surface area contributed by atoms with E-state index < -0.39 is 10.7 Å². The van der Waals surface area contributed by atoms with Crippen LogP contribution >= 0.6 is 0 Å². The van der Waals surface area contributed by atoms with Crippen molar-refractivity contribution in [3.63, 3.8) is 0 Å². The summed E-state index contributed by atoms with van der Waals surface area (Å²) in [7, 11) is 0. The third kappa shape index (κ3) is 2.95. The highest BCUT2D eigenvalue weighted by Crippen LogP contribution is 2.25. The Labute approximate surface area is 104 Å². The SMILES string of the molecule is NC1CCCC(Nc2ccc([N+](=O)[O-])cc2F)C1. The summed E-state index contributed by atoms with van der Waals surface area (Å²) < 4.78 is 13.7. The van der Waals surface area contributed by atoms with E-state index >= 15 is 0 Å². The van der Waals surface area contributed by atoms with E-state index in [-0.39, 0.29) is 17.8 Å². The van der Waals surface area contributed by atoms with Crippen molar-refractivity contribution in [2.24, 2.45) is 5.73 Å². The van der Waals surface area contributed by atoms with E-state index in [1.807, 2.05) is 0 Å². The molecule has 5 nitrogen and oxygen atoms in total. The summed E-state index contributed by atoms with van der Waals surface area (Å²) in [6, 6.07) is 3.94. The summed E-state index contributed by atoms with van der Waals surface area (Å²) in [4.78, 5) is 9.89. The predicted molar refractivity (Wildman–Crippen MR) is 66.9 cm³/mol. The molecule has 0 aromatic heterocycles. The van der Waals surface area contributed by atoms with Crippen LogP contribution in [0.3, 0.4) is 0 Å². The van der Waals surface area contributed by atoms with E-state index in [9.17, 15) is 14.5 Å². The fourth-order valence-corrected chi connectivity index (χ4v) is 2.31. The molecule has 0 heterocycles. The van der Waals surface area contributed by atoms with Crippen LogP contribution in [0.25, 0.3) is 0 Å². The Morgan fingerprint density at radius 2 is 2.22 bits per heavy atom. The van der Waals surface area contributed by atoms with Gasteiger partial charge in [-0.1, -0.05) is 0 Å². The maximum absolute atomic E-state index is 13.7. The van der Waals surface area contributed by atoms with Crippen molar-refractivity contribution in [3.05, 3.63) is 34.1 Å². The van der Waals surface area contributed by atoms with Gasteiger partial charge in [-0.15, -0.1) is 0 Å². The lowest BCUT2D eigenvalue weighted by Gasteiger charge is -2.28. The average Bonchev–Trinajstić information content (AvgIpc) is 2.31. The van der Waals surface area contributed by atoms with Crippen LogP contribution in [0.1, 0.15) is 25.7 Å². The van der Waals surface area contributed by atoms with Crippen molar-refractivity contribution in [2.75, 3.05) is 5.32 Å². The number of anilines is 1. The minimum atomic E-state index is -0.608. The summed E-state index contributed by atoms with van der Waals surface area (Å²) in [6.45, 7) is 0. The van der Waals surface area contributed by atoms with Gasteiger partial charge in [-0.05, 0) is 31.7 Å². The van der Waals surface area contributed by atoms with Crippen LogP contribution in [0.15, 0.2) is 18.2 Å². The number of non-ortho nitro benzene ring substituents is 1. The maximum Gasteiger partial charge on any atom is 0.272 e. The molecule has 6 heteroatoms. The molecular formula is C12H16FN3O2. The zero-order valence-electron chi connectivity index (χ0n) is 9.93. The topological polar surface area (TPSA) is 81.2 Å². The fraction of sp³-hybridized carbons (Fsp3) is 0.500. The van der Waals surface area contributed by atoms with Crippen molar-refractivity contribution >= 4 is 11.4 Å². The van der Waals surface area contributed by atoms with Gasteiger partial charge in [-0.25, -0.2) is 4.39 Å². The van der Waals surface area contributed by atoms with Crippen molar-refractivity contribution in [3.8, 4) is 0 Å². The van der Waals surface area contributed by atoms with Crippen molar-refractivity contribution in [1.82, 2.24) is 0 Å². The summed E-state index contributed by atoms with van der Waals surface area (Å²) in [5, 5.41) is 13.6. The molecule has 0 bridgehead atoms. The number of benzene rings is 1. The number of rotatable bonds is 3. The molecule has 0 aliphatic heterocycles. The van der Waals surface area contributed by atoms with Gasteiger partial charge in [0.2, 0.25) is 0 Å². The number of nitro groups is 1. The van der Waals surface area contributed by atoms with Gasteiger partial charge in [0.15, 0.2) is 5.82 Å². The van der Waals surface area contributed by atoms with E-state index in [4.69, 9.17) is 5.73 Å². The van der Waals surface area contributed by atoms with Crippen LogP contribution in [0.2, 0.25) is 0 Å². The van der Waals surface area contributed by atoms with Gasteiger partial charge >= 0.3 is 0 Å². The molecule has 2 unspecified atom stereocenters. The highest BCUT2D eigenvalue weighted by atomic mass is 19.1. The third-order valence-corrected chi connectivity index (χ3v) is 3.24. The molecule has 2 rings (SSSR count). The summed E-state index contributed by atoms with van der Waals surface area (Å²) in [6.07, 6.45) is 3.77. The molecule has 1 fully saturated rings. The lowest BCUT2D eigenvalue weighted by molar-refractivity contribution is -0.385. The van der Waals surface area contributed by atoms with Crippen molar-refractivity contribution in [1.29, 1.82) is 0 Å². The summed E-state index contributed by atoms with van der Waals surface area (Å²) in [5.41, 5.74) is 5.93. The third-order valence-electron chi connectivity index (χ3n) is 3.24. The summed E-state index contributed by atoms with van der Waals surface area (Å²) >= 11 is 0. The van der Waals surface area contributed by atoms with Crippen LogP contribution in [0.5, 0.6) is 0 Å². The molecule has 18 heavy (non-hydrogen) atoms. The fourth-order valence-electron chi connectivity index (χ4n) is 2.31. The Kier molecular flexibility index (Phi) is 3.76. The van der Waals surface area contributed by atoms with E-state index in [0.717, 1.165) is 31.7 Å². The molecule has 0 saturated heterocycles. The van der Waals surface area contributed by atoms with E-state index in [1.54, 1.807) is 0 Å². The number of nitrogens with one attached hydrogen (secondary N) is 1. The molecule has 3 N–H and O–H groups in total. The molecule has 0 radical (unpaired) electrons. The largest absolute Gasteiger partial charge is 0.380 e. The molecule has 1 aromatic rings. The van der Waals surface area contributed by atoms with Gasteiger partial charge < -0.3 is 11.1 Å². The first-order valence-electron chi connectivity index (χ1n) is 6.02. The van der Waals surface area contributed by atoms with Gasteiger partial charge in [-0.2, -0.15) is 0 Å². The minimum Gasteiger partial charge on any atom is -0.380 e. The number of nitrogens with two attached hydrogens (primary N) is 1. The van der Waals surface area contributed by atoms with E-state index in [1.165, 1.54) is 12.1 Å². The summed E-state index contributed by atoms with van der Waals surface area (Å²) in [5.74, 6) is -0.594. The molecule has 1 aliphatic carbocycles. The zero-order chi connectivity index (χ0) is 13.1. The average molecular weight is 253 g/mol. The molecule has 1 saturated carbocycles. The second-order valence-corrected chi connectivity index (χ2v) is 4.69. The van der Waals surface area contributed by atoms with E-state index in [0.29, 0.717) is 5.69 Å². The second-order valence-electron chi connectivity index (χ2n) is 4.69. The van der Waals surface area contributed by atoms with Gasteiger partial charge in [0.25, 0.3) is 5.69 Å². The van der Waals surface area contributed by atoms with Crippen LogP contribution in [0.4, 0.5) is 15.8 Å². The lowest BCUT2D eigenvalue weighted by Crippen LogP contribution is -2.35. The Hall–Kier alpha value is -1.69. The number of nitro benzene ring substituents is 1. The molecule has 98 valence electrons. The van der Waals surface area contributed by atoms with Crippen molar-refractivity contribution < 1.29 is 9.31 Å². The van der Waals surface area contributed by atoms with Gasteiger partial charge in [0.05, 0.1) is 16.7 Å². The quantitative estimate of drug-likeness (QED) is 0.640. The monoisotopic (exact) mass is 253 g/mol. The number of hydrogen-bond donors (Lipinski definition) is 2. The Balaban J connectivity index is 2.07. The second kappa shape index (κ2) is 5.30. The number of nitrogens with zero attached hydrogens (tertiary/aromatic N) is 1. The highest BCUT2D eigenvalue weighted by Gasteiger charge is 2.20. The predicted octanol–water partition coefficient (Wildman–Crippen LogP) is 2.42. The van der Waals surface area contributed by atoms with Gasteiger partial charge in [-0.3, -0.25) is 10.1 Å². The number of halogens is 1. The van der Waals surface area contributed by atoms with E-state index in [2.05, 4.69) is 5.32 Å². The Bertz CT molecular complexity index is 453. The minimum absolute atomic E-state index is 0.143. The molecule has 1 aromatic carbocycles. The molecule has 0 spiro atoms. The van der Waals surface area contributed by atoms with Crippen LogP contribution < -0.4 is 11.1 Å². The van der Waals surface area contributed by atoms with Gasteiger partial charge in [0.1, 0.15) is 0 Å². The maximum atomic E-state index is 13.7. The van der Waals surface area contributed by atoms with Gasteiger partial charge in [0, 0.05) is 18.2 Å². The highest BCUT2D eigenvalue weighted by molar-refractivity contribution is 5.50. The molecule has 0 amide bonds. The normalized spacial score (nSPS) is 23.7.